The van der Waals surface area contributed by atoms with Crippen molar-refractivity contribution in [1.29, 1.82) is 0 Å². The first kappa shape index (κ1) is 15.1. The van der Waals surface area contributed by atoms with E-state index in [1.54, 1.807) is 0 Å². The summed E-state index contributed by atoms with van der Waals surface area (Å²) < 4.78 is 5.05. The monoisotopic (exact) mass is 297 g/mol. The van der Waals surface area contributed by atoms with Gasteiger partial charge in [-0.3, -0.25) is 19.3 Å². The second kappa shape index (κ2) is 6.92. The van der Waals surface area contributed by atoms with Crippen LogP contribution < -0.4 is 0 Å². The molecule has 1 aliphatic heterocycles. The lowest BCUT2D eigenvalue weighted by Gasteiger charge is -2.33. The Hall–Kier alpha value is -1.30. The minimum atomic E-state index is -0.213. The first-order chi connectivity index (χ1) is 9.65. The van der Waals surface area contributed by atoms with Crippen molar-refractivity contribution in [2.75, 3.05) is 12.3 Å². The predicted molar refractivity (Wildman–Crippen MR) is 76.1 cm³/mol. The van der Waals surface area contributed by atoms with E-state index in [4.69, 9.17) is 4.74 Å². The maximum Gasteiger partial charge on any atom is 0.293 e. The molecule has 2 rings (SSSR count). The van der Waals surface area contributed by atoms with Crippen LogP contribution in [0.2, 0.25) is 0 Å². The molecule has 110 valence electrons. The maximum atomic E-state index is 11.5. The number of nitrogens with zero attached hydrogens (tertiary/aromatic N) is 1. The molecule has 1 fully saturated rings. The van der Waals surface area contributed by atoms with Gasteiger partial charge in [0.15, 0.2) is 0 Å². The molecule has 0 saturated heterocycles. The van der Waals surface area contributed by atoms with Crippen LogP contribution in [-0.4, -0.2) is 41.6 Å². The van der Waals surface area contributed by atoms with Gasteiger partial charge in [-0.25, -0.2) is 0 Å². The fourth-order valence-electron chi connectivity index (χ4n) is 2.99. The molecule has 2 amide bonds. The van der Waals surface area contributed by atoms with E-state index in [1.165, 1.54) is 17.1 Å². The normalized spacial score (nSPS) is 27.8. The van der Waals surface area contributed by atoms with Crippen LogP contribution in [0.25, 0.3) is 0 Å². The lowest BCUT2D eigenvalue weighted by molar-refractivity contribution is -0.139. The number of hydrogen-bond acceptors (Lipinski definition) is 5. The predicted octanol–water partition coefficient (Wildman–Crippen LogP) is 1.19. The zero-order valence-electron chi connectivity index (χ0n) is 11.2. The van der Waals surface area contributed by atoms with Crippen LogP contribution in [-0.2, 0) is 19.1 Å². The van der Waals surface area contributed by atoms with Crippen molar-refractivity contribution in [3.8, 4) is 0 Å². The molecule has 20 heavy (non-hydrogen) atoms. The van der Waals surface area contributed by atoms with Gasteiger partial charge in [0.05, 0.1) is 0 Å². The number of ether oxygens (including phenoxy) is 1. The van der Waals surface area contributed by atoms with Gasteiger partial charge >= 0.3 is 0 Å². The van der Waals surface area contributed by atoms with Crippen molar-refractivity contribution in [2.45, 2.75) is 31.8 Å². The third kappa shape index (κ3) is 3.42. The second-order valence-electron chi connectivity index (χ2n) is 5.35. The maximum absolute atomic E-state index is 11.5. The summed E-state index contributed by atoms with van der Waals surface area (Å²) >= 11 is 4.21. The summed E-state index contributed by atoms with van der Waals surface area (Å²) in [5.41, 5.74) is 0. The van der Waals surface area contributed by atoms with Gasteiger partial charge in [0.25, 0.3) is 18.3 Å². The Bertz CT molecular complexity index is 397. The molecule has 0 bridgehead atoms. The van der Waals surface area contributed by atoms with Gasteiger partial charge in [-0.05, 0) is 37.5 Å². The topological polar surface area (TPSA) is 63.7 Å². The Morgan fingerprint density at radius 3 is 2.35 bits per heavy atom. The molecule has 0 N–H and O–H groups in total. The van der Waals surface area contributed by atoms with Crippen molar-refractivity contribution in [3.05, 3.63) is 12.2 Å². The van der Waals surface area contributed by atoms with Gasteiger partial charge in [0.2, 0.25) is 0 Å². The zero-order chi connectivity index (χ0) is 14.5. The van der Waals surface area contributed by atoms with Crippen LogP contribution in [0.5, 0.6) is 0 Å². The lowest BCUT2D eigenvalue weighted by Crippen LogP contribution is -2.37. The Kier molecular flexibility index (Phi) is 5.23. The van der Waals surface area contributed by atoms with E-state index in [0.29, 0.717) is 30.6 Å². The van der Waals surface area contributed by atoms with Crippen LogP contribution in [0, 0.1) is 11.8 Å². The lowest BCUT2D eigenvalue weighted by atomic mass is 9.79. The number of rotatable bonds is 6. The highest BCUT2D eigenvalue weighted by Crippen LogP contribution is 2.33. The van der Waals surface area contributed by atoms with Gasteiger partial charge < -0.3 is 4.74 Å². The average molecular weight is 297 g/mol. The third-order valence-electron chi connectivity index (χ3n) is 4.17. The summed E-state index contributed by atoms with van der Waals surface area (Å²) in [6.45, 7) is 0.984. The van der Waals surface area contributed by atoms with Gasteiger partial charge in [-0.15, -0.1) is 0 Å². The molecule has 1 heterocycles. The average Bonchev–Trinajstić information content (AvgIpc) is 2.77. The molecule has 5 nitrogen and oxygen atoms in total. The van der Waals surface area contributed by atoms with Crippen molar-refractivity contribution < 1.29 is 19.1 Å². The van der Waals surface area contributed by atoms with Crippen molar-refractivity contribution >= 4 is 30.9 Å². The molecule has 1 atom stereocenters. The van der Waals surface area contributed by atoms with E-state index in [0.717, 1.165) is 25.7 Å². The quantitative estimate of drug-likeness (QED) is 0.454. The van der Waals surface area contributed by atoms with E-state index in [2.05, 4.69) is 12.6 Å². The van der Waals surface area contributed by atoms with E-state index in [9.17, 15) is 14.4 Å². The van der Waals surface area contributed by atoms with Crippen LogP contribution in [0.3, 0.4) is 0 Å². The van der Waals surface area contributed by atoms with Crippen LogP contribution in [0.15, 0.2) is 12.2 Å². The molecule has 1 saturated carbocycles. The first-order valence-electron chi connectivity index (χ1n) is 6.89. The number of carbonyl (C=O) groups is 3. The van der Waals surface area contributed by atoms with Gasteiger partial charge in [-0.2, -0.15) is 12.6 Å². The summed E-state index contributed by atoms with van der Waals surface area (Å²) in [6.07, 6.45) is 6.27. The van der Waals surface area contributed by atoms with Crippen LogP contribution in [0.4, 0.5) is 0 Å². The Morgan fingerprint density at radius 2 is 1.85 bits per heavy atom. The van der Waals surface area contributed by atoms with E-state index < -0.39 is 0 Å². The van der Waals surface area contributed by atoms with Crippen molar-refractivity contribution in [2.24, 2.45) is 11.8 Å². The second-order valence-corrected chi connectivity index (χ2v) is 5.72. The highest BCUT2D eigenvalue weighted by molar-refractivity contribution is 7.80. The van der Waals surface area contributed by atoms with Crippen LogP contribution in [0.1, 0.15) is 25.7 Å². The van der Waals surface area contributed by atoms with Gasteiger partial charge in [0.1, 0.15) is 6.10 Å². The SMILES string of the molecule is O=COC(CS)C1CCC(CN2C(=O)C=CC2=O)CC1. The van der Waals surface area contributed by atoms with Crippen LogP contribution >= 0.6 is 12.6 Å². The highest BCUT2D eigenvalue weighted by atomic mass is 32.1. The third-order valence-corrected chi connectivity index (χ3v) is 4.53. The number of imide groups is 1. The Morgan fingerprint density at radius 1 is 1.25 bits per heavy atom. The molecule has 0 aromatic carbocycles. The summed E-state index contributed by atoms with van der Waals surface area (Å²) in [5.74, 6) is 0.776. The molecule has 0 aromatic heterocycles. The summed E-state index contributed by atoms with van der Waals surface area (Å²) in [7, 11) is 0. The molecular weight excluding hydrogens is 278 g/mol. The zero-order valence-corrected chi connectivity index (χ0v) is 12.1. The largest absolute Gasteiger partial charge is 0.463 e. The van der Waals surface area contributed by atoms with E-state index in [1.807, 2.05) is 0 Å². The van der Waals surface area contributed by atoms with E-state index in [-0.39, 0.29) is 17.9 Å². The first-order valence-corrected chi connectivity index (χ1v) is 7.52. The van der Waals surface area contributed by atoms with Gasteiger partial charge in [0, 0.05) is 24.4 Å². The minimum absolute atomic E-state index is 0.131. The molecular formula is C14H19NO4S. The summed E-state index contributed by atoms with van der Waals surface area (Å²) in [4.78, 5) is 34.8. The molecule has 2 aliphatic rings. The fraction of sp³-hybridized carbons (Fsp3) is 0.643. The molecule has 1 aliphatic carbocycles. The number of thiol groups is 1. The molecule has 1 unspecified atom stereocenters. The number of amides is 2. The Labute approximate surface area is 123 Å². The molecule has 0 radical (unpaired) electrons. The fourth-order valence-corrected chi connectivity index (χ4v) is 3.37. The number of hydrogen-bond donors (Lipinski definition) is 1. The van der Waals surface area contributed by atoms with E-state index >= 15 is 0 Å². The molecule has 6 heteroatoms. The molecule has 0 spiro atoms. The van der Waals surface area contributed by atoms with Crippen molar-refractivity contribution in [3.63, 3.8) is 0 Å². The minimum Gasteiger partial charge on any atom is -0.463 e. The number of carbonyl (C=O) groups excluding carboxylic acids is 3. The standard InChI is InChI=1S/C14H19NO4S/c16-9-19-12(8-20)11-3-1-10(2-4-11)7-15-13(17)5-6-14(15)18/h5-6,9-12,20H,1-4,7-8H2. The smallest absolute Gasteiger partial charge is 0.293 e. The highest BCUT2D eigenvalue weighted by Gasteiger charge is 2.31. The Balaban J connectivity index is 1.81. The van der Waals surface area contributed by atoms with Gasteiger partial charge in [-0.1, -0.05) is 0 Å². The molecule has 0 aromatic rings. The summed E-state index contributed by atoms with van der Waals surface area (Å²) in [5, 5.41) is 0. The summed E-state index contributed by atoms with van der Waals surface area (Å²) in [6, 6.07) is 0. The van der Waals surface area contributed by atoms with Crippen molar-refractivity contribution in [1.82, 2.24) is 4.90 Å².